The second-order valence-electron chi connectivity index (χ2n) is 3.05. The average molecular weight is 211 g/mol. The minimum absolute atomic E-state index is 0.183. The number of Topliss-reactive ketones (excluding diaryl/α,β-unsaturated/α-hetero) is 1. The molecule has 0 saturated heterocycles. The summed E-state index contributed by atoms with van der Waals surface area (Å²) in [5.41, 5.74) is 0. The Hall–Kier alpha value is -1.62. The third-order valence-corrected chi connectivity index (χ3v) is 1.91. The third-order valence-electron chi connectivity index (χ3n) is 1.91. The Balaban J connectivity index is 2.71. The predicted octanol–water partition coefficient (Wildman–Crippen LogP) is 0.915. The van der Waals surface area contributed by atoms with E-state index >= 15 is 0 Å². The Morgan fingerprint density at radius 1 is 1.60 bits per heavy atom. The van der Waals surface area contributed by atoms with Crippen molar-refractivity contribution in [2.75, 3.05) is 6.54 Å². The van der Waals surface area contributed by atoms with Crippen molar-refractivity contribution < 1.29 is 19.1 Å². The van der Waals surface area contributed by atoms with Crippen LogP contribution >= 0.6 is 0 Å². The number of carbonyl (C=O) groups excluding carboxylic acids is 1. The molecule has 1 heterocycles. The normalized spacial score (nSPS) is 12.3. The second-order valence-corrected chi connectivity index (χ2v) is 3.05. The summed E-state index contributed by atoms with van der Waals surface area (Å²) in [6, 6.07) is 2.39. The van der Waals surface area contributed by atoms with Gasteiger partial charge >= 0.3 is 5.97 Å². The zero-order valence-corrected chi connectivity index (χ0v) is 8.40. The number of carboxylic acids is 1. The van der Waals surface area contributed by atoms with Crippen molar-refractivity contribution in [3.63, 3.8) is 0 Å². The SMILES string of the molecule is CCNC(CC(=O)O)C(=O)c1ccco1. The summed E-state index contributed by atoms with van der Waals surface area (Å²) >= 11 is 0. The molecule has 2 N–H and O–H groups in total. The number of nitrogens with one attached hydrogen (secondary N) is 1. The predicted molar refractivity (Wildman–Crippen MR) is 52.8 cm³/mol. The van der Waals surface area contributed by atoms with E-state index in [0.29, 0.717) is 6.54 Å². The van der Waals surface area contributed by atoms with Crippen LogP contribution in [0.15, 0.2) is 22.8 Å². The van der Waals surface area contributed by atoms with Crippen LogP contribution in [0.3, 0.4) is 0 Å². The van der Waals surface area contributed by atoms with E-state index in [1.54, 1.807) is 6.07 Å². The molecule has 0 saturated carbocycles. The molecule has 0 amide bonds. The topological polar surface area (TPSA) is 79.5 Å². The highest BCUT2D eigenvalue weighted by Crippen LogP contribution is 2.07. The monoisotopic (exact) mass is 211 g/mol. The van der Waals surface area contributed by atoms with E-state index in [9.17, 15) is 9.59 Å². The Morgan fingerprint density at radius 3 is 2.80 bits per heavy atom. The van der Waals surface area contributed by atoms with Gasteiger partial charge in [0.2, 0.25) is 5.78 Å². The largest absolute Gasteiger partial charge is 0.481 e. The van der Waals surface area contributed by atoms with E-state index in [1.165, 1.54) is 12.3 Å². The minimum atomic E-state index is -1.01. The third kappa shape index (κ3) is 3.21. The lowest BCUT2D eigenvalue weighted by atomic mass is 10.1. The van der Waals surface area contributed by atoms with E-state index in [1.807, 2.05) is 6.92 Å². The van der Waals surface area contributed by atoms with Gasteiger partial charge in [0.1, 0.15) is 0 Å². The zero-order valence-electron chi connectivity index (χ0n) is 8.40. The summed E-state index contributed by atoms with van der Waals surface area (Å²) in [6.07, 6.45) is 1.14. The molecule has 0 aliphatic carbocycles. The molecule has 15 heavy (non-hydrogen) atoms. The van der Waals surface area contributed by atoms with E-state index in [-0.39, 0.29) is 18.0 Å². The molecule has 5 nitrogen and oxygen atoms in total. The molecule has 0 radical (unpaired) electrons. The molecule has 0 aliphatic heterocycles. The van der Waals surface area contributed by atoms with Crippen molar-refractivity contribution in [2.24, 2.45) is 0 Å². The van der Waals surface area contributed by atoms with E-state index in [4.69, 9.17) is 9.52 Å². The van der Waals surface area contributed by atoms with Crippen LogP contribution in [-0.2, 0) is 4.79 Å². The van der Waals surface area contributed by atoms with Gasteiger partial charge in [-0.2, -0.15) is 0 Å². The number of hydrogen-bond acceptors (Lipinski definition) is 4. The lowest BCUT2D eigenvalue weighted by molar-refractivity contribution is -0.137. The van der Waals surface area contributed by atoms with Crippen molar-refractivity contribution in [1.29, 1.82) is 0 Å². The highest BCUT2D eigenvalue weighted by atomic mass is 16.4. The molecule has 1 aromatic heterocycles. The van der Waals surface area contributed by atoms with Gasteiger partial charge in [-0.1, -0.05) is 6.92 Å². The number of aliphatic carboxylic acids is 1. The first kappa shape index (κ1) is 11.5. The Labute approximate surface area is 87.1 Å². The van der Waals surface area contributed by atoms with Crippen LogP contribution in [-0.4, -0.2) is 29.4 Å². The van der Waals surface area contributed by atoms with E-state index in [0.717, 1.165) is 0 Å². The molecule has 1 rings (SSSR count). The Kier molecular flexibility index (Phi) is 4.05. The van der Waals surface area contributed by atoms with Gasteiger partial charge in [0.15, 0.2) is 5.76 Å². The van der Waals surface area contributed by atoms with Crippen molar-refractivity contribution in [3.05, 3.63) is 24.2 Å². The summed E-state index contributed by atoms with van der Waals surface area (Å²) in [7, 11) is 0. The fourth-order valence-corrected chi connectivity index (χ4v) is 1.27. The first-order chi connectivity index (χ1) is 7.15. The Morgan fingerprint density at radius 2 is 2.33 bits per heavy atom. The summed E-state index contributed by atoms with van der Waals surface area (Å²) < 4.78 is 4.92. The van der Waals surface area contributed by atoms with E-state index < -0.39 is 12.0 Å². The summed E-state index contributed by atoms with van der Waals surface area (Å²) in [4.78, 5) is 22.2. The lowest BCUT2D eigenvalue weighted by Gasteiger charge is -2.12. The van der Waals surface area contributed by atoms with Gasteiger partial charge in [0.05, 0.1) is 18.7 Å². The number of hydrogen-bond donors (Lipinski definition) is 2. The average Bonchev–Trinajstić information content (AvgIpc) is 2.68. The van der Waals surface area contributed by atoms with Crippen LogP contribution in [0.1, 0.15) is 23.9 Å². The maximum absolute atomic E-state index is 11.7. The van der Waals surface area contributed by atoms with Crippen LogP contribution in [0.2, 0.25) is 0 Å². The highest BCUT2D eigenvalue weighted by molar-refractivity contribution is 5.99. The first-order valence-electron chi connectivity index (χ1n) is 4.68. The van der Waals surface area contributed by atoms with Gasteiger partial charge in [0.25, 0.3) is 0 Å². The van der Waals surface area contributed by atoms with Crippen LogP contribution < -0.4 is 5.32 Å². The van der Waals surface area contributed by atoms with Gasteiger partial charge in [-0.15, -0.1) is 0 Å². The first-order valence-corrected chi connectivity index (χ1v) is 4.68. The van der Waals surface area contributed by atoms with Crippen LogP contribution in [0.25, 0.3) is 0 Å². The minimum Gasteiger partial charge on any atom is -0.481 e. The lowest BCUT2D eigenvalue weighted by Crippen LogP contribution is -2.38. The number of carbonyl (C=O) groups is 2. The molecule has 0 fully saturated rings. The molecular weight excluding hydrogens is 198 g/mol. The fourth-order valence-electron chi connectivity index (χ4n) is 1.27. The van der Waals surface area contributed by atoms with Crippen LogP contribution in [0, 0.1) is 0 Å². The summed E-state index contributed by atoms with van der Waals surface area (Å²) in [5, 5.41) is 11.4. The zero-order chi connectivity index (χ0) is 11.3. The van der Waals surface area contributed by atoms with Crippen molar-refractivity contribution in [1.82, 2.24) is 5.32 Å². The molecule has 5 heteroatoms. The number of furan rings is 1. The molecule has 1 atom stereocenters. The van der Waals surface area contributed by atoms with Crippen molar-refractivity contribution >= 4 is 11.8 Å². The van der Waals surface area contributed by atoms with Gasteiger partial charge in [0, 0.05) is 0 Å². The quantitative estimate of drug-likeness (QED) is 0.684. The number of ketones is 1. The molecule has 1 unspecified atom stereocenters. The maximum atomic E-state index is 11.7. The summed E-state index contributed by atoms with van der Waals surface area (Å²) in [6.45, 7) is 2.34. The van der Waals surface area contributed by atoms with Gasteiger partial charge in [-0.3, -0.25) is 9.59 Å². The molecule has 82 valence electrons. The van der Waals surface area contributed by atoms with Gasteiger partial charge in [-0.25, -0.2) is 0 Å². The second kappa shape index (κ2) is 5.31. The van der Waals surface area contributed by atoms with Gasteiger partial charge in [-0.05, 0) is 18.7 Å². The molecule has 0 aromatic carbocycles. The van der Waals surface area contributed by atoms with Crippen molar-refractivity contribution in [3.8, 4) is 0 Å². The van der Waals surface area contributed by atoms with Crippen LogP contribution in [0.4, 0.5) is 0 Å². The van der Waals surface area contributed by atoms with Gasteiger partial charge < -0.3 is 14.8 Å². The molecule has 0 spiro atoms. The van der Waals surface area contributed by atoms with E-state index in [2.05, 4.69) is 5.32 Å². The molecular formula is C10H13NO4. The maximum Gasteiger partial charge on any atom is 0.305 e. The molecule has 0 bridgehead atoms. The number of likely N-dealkylation sites (N-methyl/N-ethyl adjacent to an activating group) is 1. The fraction of sp³-hybridized carbons (Fsp3) is 0.400. The smallest absolute Gasteiger partial charge is 0.305 e. The van der Waals surface area contributed by atoms with Crippen molar-refractivity contribution in [2.45, 2.75) is 19.4 Å². The molecule has 1 aromatic rings. The Bertz CT molecular complexity index is 331. The van der Waals surface area contributed by atoms with Crippen LogP contribution in [0.5, 0.6) is 0 Å². The number of carboxylic acid groups (broad SMARTS) is 1. The standard InChI is InChI=1S/C10H13NO4/c1-2-11-7(6-9(12)13)10(14)8-4-3-5-15-8/h3-5,7,11H,2,6H2,1H3,(H,12,13). The summed E-state index contributed by atoms with van der Waals surface area (Å²) in [5.74, 6) is -1.16. The number of rotatable bonds is 6. The highest BCUT2D eigenvalue weighted by Gasteiger charge is 2.23. The molecule has 0 aliphatic rings.